The van der Waals surface area contributed by atoms with Crippen molar-refractivity contribution in [1.82, 2.24) is 4.90 Å². The van der Waals surface area contributed by atoms with Gasteiger partial charge in [-0.3, -0.25) is 9.10 Å². The lowest BCUT2D eigenvalue weighted by atomic mass is 10.1. The normalized spacial score (nSPS) is 24.8. The summed E-state index contributed by atoms with van der Waals surface area (Å²) in [5.74, 6) is -1.32. The number of carboxylic acid groups (broad SMARTS) is 1. The summed E-state index contributed by atoms with van der Waals surface area (Å²) in [6.45, 7) is 2.37. The lowest BCUT2D eigenvalue weighted by Gasteiger charge is -2.23. The summed E-state index contributed by atoms with van der Waals surface area (Å²) in [6.07, 6.45) is 0.518. The van der Waals surface area contributed by atoms with E-state index in [-0.39, 0.29) is 30.7 Å². The number of likely N-dealkylation sites (tertiary alicyclic amines) is 1. The molecule has 0 spiro atoms. The molecular weight excluding hydrogens is 360 g/mol. The number of benzene rings is 1. The molecule has 1 aromatic carbocycles. The first-order valence-corrected chi connectivity index (χ1v) is 10.0. The Morgan fingerprint density at radius 1 is 1.31 bits per heavy atom. The number of nitrogens with zero attached hydrogens (tertiary/aromatic N) is 2. The Balaban J connectivity index is 1.87. The molecule has 2 atom stereocenters. The van der Waals surface area contributed by atoms with Crippen molar-refractivity contribution in [3.05, 3.63) is 29.3 Å². The molecule has 0 bridgehead atoms. The number of carboxylic acids is 1. The molecular formula is C17H22N2O6S. The van der Waals surface area contributed by atoms with Crippen molar-refractivity contribution in [2.24, 2.45) is 0 Å². The SMILES string of the molecule is COC1CC(C(=O)O)N(C(=O)c2ccc(N3CCCS3(=O)=O)cc2C)C1. The van der Waals surface area contributed by atoms with Gasteiger partial charge in [-0.15, -0.1) is 0 Å². The molecule has 1 N–H and O–H groups in total. The summed E-state index contributed by atoms with van der Waals surface area (Å²) >= 11 is 0. The monoisotopic (exact) mass is 382 g/mol. The van der Waals surface area contributed by atoms with E-state index in [0.29, 0.717) is 29.8 Å². The number of amides is 1. The van der Waals surface area contributed by atoms with Gasteiger partial charge in [-0.1, -0.05) is 0 Å². The van der Waals surface area contributed by atoms with Crippen LogP contribution >= 0.6 is 0 Å². The smallest absolute Gasteiger partial charge is 0.326 e. The number of carbonyl (C=O) groups is 2. The number of hydrogen-bond acceptors (Lipinski definition) is 5. The van der Waals surface area contributed by atoms with Crippen molar-refractivity contribution in [2.75, 3.05) is 30.3 Å². The van der Waals surface area contributed by atoms with Gasteiger partial charge in [0.2, 0.25) is 10.0 Å². The zero-order valence-corrected chi connectivity index (χ0v) is 15.5. The first kappa shape index (κ1) is 18.7. The predicted molar refractivity (Wildman–Crippen MR) is 94.8 cm³/mol. The van der Waals surface area contributed by atoms with E-state index < -0.39 is 22.0 Å². The second-order valence-electron chi connectivity index (χ2n) is 6.65. The van der Waals surface area contributed by atoms with Crippen LogP contribution in [0.4, 0.5) is 5.69 Å². The van der Waals surface area contributed by atoms with Crippen LogP contribution in [0.15, 0.2) is 18.2 Å². The van der Waals surface area contributed by atoms with Crippen LogP contribution in [0.1, 0.15) is 28.8 Å². The van der Waals surface area contributed by atoms with Crippen LogP contribution < -0.4 is 4.31 Å². The van der Waals surface area contributed by atoms with Crippen molar-refractivity contribution >= 4 is 27.6 Å². The van der Waals surface area contributed by atoms with Crippen LogP contribution in [0.2, 0.25) is 0 Å². The summed E-state index contributed by atoms with van der Waals surface area (Å²) in [7, 11) is -1.80. The molecule has 2 unspecified atom stereocenters. The van der Waals surface area contributed by atoms with E-state index in [1.54, 1.807) is 25.1 Å². The van der Waals surface area contributed by atoms with Gasteiger partial charge in [0.1, 0.15) is 6.04 Å². The number of carbonyl (C=O) groups excluding carboxylic acids is 1. The molecule has 8 nitrogen and oxygen atoms in total. The van der Waals surface area contributed by atoms with E-state index in [1.165, 1.54) is 16.3 Å². The molecule has 1 amide bonds. The molecule has 0 saturated carbocycles. The summed E-state index contributed by atoms with van der Waals surface area (Å²) in [5.41, 5.74) is 1.51. The molecule has 142 valence electrons. The third-order valence-electron chi connectivity index (χ3n) is 4.97. The van der Waals surface area contributed by atoms with Gasteiger partial charge in [0.25, 0.3) is 5.91 Å². The minimum atomic E-state index is -3.29. The van der Waals surface area contributed by atoms with Gasteiger partial charge in [-0.05, 0) is 37.1 Å². The van der Waals surface area contributed by atoms with Gasteiger partial charge >= 0.3 is 5.97 Å². The molecule has 26 heavy (non-hydrogen) atoms. The van der Waals surface area contributed by atoms with Crippen LogP contribution in [0.3, 0.4) is 0 Å². The maximum Gasteiger partial charge on any atom is 0.326 e. The van der Waals surface area contributed by atoms with E-state index in [2.05, 4.69) is 0 Å². The number of sulfonamides is 1. The molecule has 0 aromatic heterocycles. The number of aryl methyl sites for hydroxylation is 1. The lowest BCUT2D eigenvalue weighted by Crippen LogP contribution is -2.40. The highest BCUT2D eigenvalue weighted by atomic mass is 32.2. The van der Waals surface area contributed by atoms with Crippen molar-refractivity contribution in [1.29, 1.82) is 0 Å². The number of aliphatic carboxylic acids is 1. The molecule has 0 aliphatic carbocycles. The van der Waals surface area contributed by atoms with Crippen molar-refractivity contribution in [2.45, 2.75) is 31.9 Å². The highest BCUT2D eigenvalue weighted by molar-refractivity contribution is 7.93. The van der Waals surface area contributed by atoms with E-state index in [9.17, 15) is 23.1 Å². The van der Waals surface area contributed by atoms with Crippen LogP contribution in [-0.2, 0) is 19.6 Å². The maximum absolute atomic E-state index is 12.9. The fraction of sp³-hybridized carbons (Fsp3) is 0.529. The summed E-state index contributed by atoms with van der Waals surface area (Å²) in [5, 5.41) is 9.38. The zero-order valence-electron chi connectivity index (χ0n) is 14.7. The molecule has 3 rings (SSSR count). The first-order chi connectivity index (χ1) is 12.2. The van der Waals surface area contributed by atoms with Gasteiger partial charge in [0.15, 0.2) is 0 Å². The van der Waals surface area contributed by atoms with Crippen molar-refractivity contribution in [3.63, 3.8) is 0 Å². The van der Waals surface area contributed by atoms with Gasteiger partial charge in [-0.2, -0.15) is 0 Å². The Morgan fingerprint density at radius 3 is 2.58 bits per heavy atom. The van der Waals surface area contributed by atoms with Gasteiger partial charge < -0.3 is 14.7 Å². The van der Waals surface area contributed by atoms with E-state index in [0.717, 1.165) is 0 Å². The number of hydrogen-bond donors (Lipinski definition) is 1. The second-order valence-corrected chi connectivity index (χ2v) is 8.66. The molecule has 2 aliphatic rings. The Bertz CT molecular complexity index is 838. The topological polar surface area (TPSA) is 104 Å². The second kappa shape index (κ2) is 6.88. The van der Waals surface area contributed by atoms with Crippen LogP contribution in [0, 0.1) is 6.92 Å². The highest BCUT2D eigenvalue weighted by Crippen LogP contribution is 2.28. The molecule has 2 fully saturated rings. The van der Waals surface area contributed by atoms with Crippen LogP contribution in [0.5, 0.6) is 0 Å². The standard InChI is InChI=1S/C17H22N2O6S/c1-11-8-12(19-6-3-7-26(19,23)24)4-5-14(11)16(20)18-10-13(25-2)9-15(18)17(21)22/h4-5,8,13,15H,3,6-7,9-10H2,1-2H3,(H,21,22). The maximum atomic E-state index is 12.9. The molecule has 2 saturated heterocycles. The van der Waals surface area contributed by atoms with E-state index >= 15 is 0 Å². The fourth-order valence-electron chi connectivity index (χ4n) is 3.55. The van der Waals surface area contributed by atoms with Crippen molar-refractivity contribution < 1.29 is 27.9 Å². The Hall–Kier alpha value is -2.13. The Kier molecular flexibility index (Phi) is 4.94. The molecule has 1 aromatic rings. The van der Waals surface area contributed by atoms with Crippen LogP contribution in [0.25, 0.3) is 0 Å². The average Bonchev–Trinajstić information content (AvgIpc) is 3.17. The quantitative estimate of drug-likeness (QED) is 0.828. The number of ether oxygens (including phenoxy) is 1. The molecule has 0 radical (unpaired) electrons. The van der Waals surface area contributed by atoms with Crippen molar-refractivity contribution in [3.8, 4) is 0 Å². The Labute approximate surface area is 152 Å². The average molecular weight is 382 g/mol. The first-order valence-electron chi connectivity index (χ1n) is 8.42. The van der Waals surface area contributed by atoms with Gasteiger partial charge in [0, 0.05) is 32.2 Å². The number of rotatable bonds is 4. The number of methoxy groups -OCH3 is 1. The van der Waals surface area contributed by atoms with Gasteiger partial charge in [-0.25, -0.2) is 13.2 Å². The third-order valence-corrected chi connectivity index (χ3v) is 6.84. The number of anilines is 1. The summed E-state index contributed by atoms with van der Waals surface area (Å²) in [4.78, 5) is 25.7. The molecule has 9 heteroatoms. The predicted octanol–water partition coefficient (Wildman–Crippen LogP) is 0.849. The lowest BCUT2D eigenvalue weighted by molar-refractivity contribution is -0.141. The van der Waals surface area contributed by atoms with Gasteiger partial charge in [0.05, 0.1) is 17.5 Å². The summed E-state index contributed by atoms with van der Waals surface area (Å²) in [6, 6.07) is 3.91. The minimum Gasteiger partial charge on any atom is -0.480 e. The minimum absolute atomic E-state index is 0.124. The summed E-state index contributed by atoms with van der Waals surface area (Å²) < 4.78 is 30.7. The largest absolute Gasteiger partial charge is 0.480 e. The van der Waals surface area contributed by atoms with E-state index in [1.807, 2.05) is 0 Å². The fourth-order valence-corrected chi connectivity index (χ4v) is 5.11. The zero-order chi connectivity index (χ0) is 19.1. The van der Waals surface area contributed by atoms with Crippen LogP contribution in [-0.4, -0.2) is 68.4 Å². The highest BCUT2D eigenvalue weighted by Gasteiger charge is 2.40. The third kappa shape index (κ3) is 3.28. The molecule has 2 aliphatic heterocycles. The Morgan fingerprint density at radius 2 is 2.04 bits per heavy atom. The molecule has 2 heterocycles. The van der Waals surface area contributed by atoms with E-state index in [4.69, 9.17) is 4.74 Å².